The first-order valence-electron chi connectivity index (χ1n) is 10.9. The predicted octanol–water partition coefficient (Wildman–Crippen LogP) is 3.13. The highest BCUT2D eigenvalue weighted by atomic mass is 16.5. The maximum Gasteiger partial charge on any atom is 0.351 e. The van der Waals surface area contributed by atoms with Gasteiger partial charge in [0.15, 0.2) is 0 Å². The lowest BCUT2D eigenvalue weighted by molar-refractivity contribution is -0.0558. The van der Waals surface area contributed by atoms with Gasteiger partial charge in [0.05, 0.1) is 6.07 Å². The minimum absolute atomic E-state index is 0.0299. The number of nitrogens with one attached hydrogen (secondary N) is 2. The van der Waals surface area contributed by atoms with E-state index >= 15 is 0 Å². The smallest absolute Gasteiger partial charge is 0.351 e. The molecule has 0 aliphatic heterocycles. The van der Waals surface area contributed by atoms with Crippen molar-refractivity contribution in [3.63, 3.8) is 0 Å². The van der Waals surface area contributed by atoms with Gasteiger partial charge in [-0.25, -0.2) is 4.79 Å². The summed E-state index contributed by atoms with van der Waals surface area (Å²) in [6, 6.07) is 9.04. The summed E-state index contributed by atoms with van der Waals surface area (Å²) in [4.78, 5) is 18.3. The zero-order valence-corrected chi connectivity index (χ0v) is 17.3. The highest BCUT2D eigenvalue weighted by Crippen LogP contribution is 2.55. The number of hydrogen-bond acceptors (Lipinski definition) is 6. The SMILES string of the molecule is Cc1ccc(Oc2cc(OCC(O)NC34CC5CC(CC(C5)C3)C4)nc(=O)[nH]2)cc1. The molecule has 0 amide bonds. The van der Waals surface area contributed by atoms with Gasteiger partial charge < -0.3 is 14.6 Å². The van der Waals surface area contributed by atoms with Crippen molar-refractivity contribution < 1.29 is 14.6 Å². The van der Waals surface area contributed by atoms with Crippen LogP contribution < -0.4 is 20.5 Å². The molecule has 0 spiro atoms. The van der Waals surface area contributed by atoms with Crippen LogP contribution in [0.25, 0.3) is 0 Å². The first-order valence-corrected chi connectivity index (χ1v) is 10.9. The Bertz CT molecular complexity index is 920. The van der Waals surface area contributed by atoms with Gasteiger partial charge in [0.1, 0.15) is 18.6 Å². The number of aryl methyl sites for hydroxylation is 1. The summed E-state index contributed by atoms with van der Waals surface area (Å²) in [6.07, 6.45) is 6.70. The van der Waals surface area contributed by atoms with Crippen LogP contribution in [0.4, 0.5) is 0 Å². The van der Waals surface area contributed by atoms with Crippen molar-refractivity contribution in [1.82, 2.24) is 15.3 Å². The van der Waals surface area contributed by atoms with Gasteiger partial charge in [-0.15, -0.1) is 0 Å². The van der Waals surface area contributed by atoms with Crippen LogP contribution >= 0.6 is 0 Å². The lowest BCUT2D eigenvalue weighted by Crippen LogP contribution is -2.61. The van der Waals surface area contributed by atoms with E-state index < -0.39 is 11.9 Å². The van der Waals surface area contributed by atoms with E-state index in [4.69, 9.17) is 9.47 Å². The van der Waals surface area contributed by atoms with Crippen LogP contribution in [-0.2, 0) is 0 Å². The summed E-state index contributed by atoms with van der Waals surface area (Å²) in [7, 11) is 0. The molecule has 6 rings (SSSR count). The second-order valence-corrected chi connectivity index (χ2v) is 9.47. The summed E-state index contributed by atoms with van der Waals surface area (Å²) in [5.74, 6) is 3.38. The van der Waals surface area contributed by atoms with E-state index in [-0.39, 0.29) is 23.9 Å². The molecule has 3 N–H and O–H groups in total. The number of benzene rings is 1. The Kier molecular flexibility index (Phi) is 5.03. The molecule has 4 saturated carbocycles. The second-order valence-electron chi connectivity index (χ2n) is 9.47. The molecule has 1 aromatic heterocycles. The molecule has 4 aliphatic carbocycles. The Balaban J connectivity index is 1.20. The van der Waals surface area contributed by atoms with Crippen molar-refractivity contribution in [2.24, 2.45) is 17.8 Å². The first-order chi connectivity index (χ1) is 14.4. The normalized spacial score (nSPS) is 30.3. The van der Waals surface area contributed by atoms with Crippen LogP contribution in [0.1, 0.15) is 44.1 Å². The van der Waals surface area contributed by atoms with Gasteiger partial charge in [0.2, 0.25) is 11.8 Å². The molecule has 4 fully saturated rings. The van der Waals surface area contributed by atoms with Crippen molar-refractivity contribution in [2.45, 2.75) is 57.2 Å². The van der Waals surface area contributed by atoms with E-state index in [1.165, 1.54) is 25.3 Å². The monoisotopic (exact) mass is 411 g/mol. The molecule has 2 aromatic rings. The number of hydrogen-bond donors (Lipinski definition) is 3. The van der Waals surface area contributed by atoms with Crippen LogP contribution in [0.3, 0.4) is 0 Å². The van der Waals surface area contributed by atoms with Gasteiger partial charge in [-0.05, 0) is 75.3 Å². The van der Waals surface area contributed by atoms with Crippen LogP contribution in [0.15, 0.2) is 35.1 Å². The molecule has 0 saturated heterocycles. The van der Waals surface area contributed by atoms with Crippen LogP contribution in [-0.4, -0.2) is 33.4 Å². The second kappa shape index (κ2) is 7.71. The molecule has 4 aliphatic rings. The summed E-state index contributed by atoms with van der Waals surface area (Å²) >= 11 is 0. The quantitative estimate of drug-likeness (QED) is 0.606. The number of H-pyrrole nitrogens is 1. The Morgan fingerprint density at radius 3 is 2.43 bits per heavy atom. The van der Waals surface area contributed by atoms with E-state index in [2.05, 4.69) is 15.3 Å². The van der Waals surface area contributed by atoms with E-state index in [0.29, 0.717) is 5.75 Å². The van der Waals surface area contributed by atoms with E-state index in [1.54, 1.807) is 0 Å². The number of ether oxygens (including phenoxy) is 2. The van der Waals surface area contributed by atoms with Crippen molar-refractivity contribution >= 4 is 0 Å². The molecule has 1 unspecified atom stereocenters. The Morgan fingerprint density at radius 2 is 1.80 bits per heavy atom. The lowest BCUT2D eigenvalue weighted by Gasteiger charge is -2.57. The first kappa shape index (κ1) is 19.6. The molecule has 160 valence electrons. The fraction of sp³-hybridized carbons (Fsp3) is 0.565. The fourth-order valence-electron chi connectivity index (χ4n) is 6.12. The molecule has 1 heterocycles. The number of rotatable bonds is 7. The predicted molar refractivity (Wildman–Crippen MR) is 112 cm³/mol. The van der Waals surface area contributed by atoms with Crippen LogP contribution in [0, 0.1) is 24.7 Å². The highest BCUT2D eigenvalue weighted by Gasteiger charge is 2.51. The molecule has 1 aromatic carbocycles. The lowest BCUT2D eigenvalue weighted by atomic mass is 9.53. The van der Waals surface area contributed by atoms with Crippen molar-refractivity contribution in [2.75, 3.05) is 6.61 Å². The summed E-state index contributed by atoms with van der Waals surface area (Å²) in [5, 5.41) is 14.0. The Labute approximate surface area is 175 Å². The molecule has 1 atom stereocenters. The number of aromatic amines is 1. The molecule has 30 heavy (non-hydrogen) atoms. The average molecular weight is 412 g/mol. The maximum atomic E-state index is 11.9. The minimum atomic E-state index is -0.802. The molecular formula is C23H29N3O4. The largest absolute Gasteiger partial charge is 0.473 e. The van der Waals surface area contributed by atoms with Crippen molar-refractivity contribution in [3.8, 4) is 17.5 Å². The summed E-state index contributed by atoms with van der Waals surface area (Å²) in [6.45, 7) is 2.02. The fourth-order valence-corrected chi connectivity index (χ4v) is 6.12. The third-order valence-electron chi connectivity index (χ3n) is 6.85. The Morgan fingerprint density at radius 1 is 1.17 bits per heavy atom. The van der Waals surface area contributed by atoms with E-state index in [9.17, 15) is 9.90 Å². The highest BCUT2D eigenvalue weighted by molar-refractivity contribution is 5.30. The molecule has 7 heteroatoms. The zero-order chi connectivity index (χ0) is 20.7. The van der Waals surface area contributed by atoms with E-state index in [1.807, 2.05) is 31.2 Å². The standard InChI is InChI=1S/C23H29N3O4/c1-14-2-4-18(5-3-14)30-21-9-20(24-22(28)25-21)29-13-19(27)26-23-10-15-6-16(11-23)8-17(7-15)12-23/h2-5,9,15-17,19,26-27H,6-8,10-13H2,1H3,(H,24,25,28). The number of aliphatic hydroxyl groups is 1. The van der Waals surface area contributed by atoms with Gasteiger partial charge in [-0.1, -0.05) is 17.7 Å². The van der Waals surface area contributed by atoms with Crippen molar-refractivity contribution in [3.05, 3.63) is 46.4 Å². The summed E-state index contributed by atoms with van der Waals surface area (Å²) < 4.78 is 11.3. The minimum Gasteiger partial charge on any atom is -0.473 e. The Hall–Kier alpha value is -2.38. The molecule has 0 radical (unpaired) electrons. The number of aromatic nitrogens is 2. The van der Waals surface area contributed by atoms with Crippen LogP contribution in [0.2, 0.25) is 0 Å². The van der Waals surface area contributed by atoms with Gasteiger partial charge in [0.25, 0.3) is 0 Å². The van der Waals surface area contributed by atoms with Crippen molar-refractivity contribution in [1.29, 1.82) is 0 Å². The van der Waals surface area contributed by atoms with Gasteiger partial charge in [-0.2, -0.15) is 4.98 Å². The molecule has 4 bridgehead atoms. The zero-order valence-electron chi connectivity index (χ0n) is 17.3. The average Bonchev–Trinajstić information content (AvgIpc) is 2.66. The number of nitrogens with zero attached hydrogens (tertiary/aromatic N) is 1. The third kappa shape index (κ3) is 4.23. The maximum absolute atomic E-state index is 11.9. The third-order valence-corrected chi connectivity index (χ3v) is 6.85. The van der Waals surface area contributed by atoms with Gasteiger partial charge in [-0.3, -0.25) is 10.3 Å². The van der Waals surface area contributed by atoms with Gasteiger partial charge in [0, 0.05) is 5.54 Å². The van der Waals surface area contributed by atoms with Gasteiger partial charge >= 0.3 is 5.69 Å². The molecular weight excluding hydrogens is 382 g/mol. The topological polar surface area (TPSA) is 96.5 Å². The molecule has 7 nitrogen and oxygen atoms in total. The summed E-state index contributed by atoms with van der Waals surface area (Å²) in [5.41, 5.74) is 0.604. The number of aliphatic hydroxyl groups excluding tert-OH is 1. The van der Waals surface area contributed by atoms with Crippen LogP contribution in [0.5, 0.6) is 17.5 Å². The van der Waals surface area contributed by atoms with E-state index in [0.717, 1.165) is 42.6 Å².